The molecule has 0 atom stereocenters. The van der Waals surface area contributed by atoms with Crippen molar-refractivity contribution in [1.82, 2.24) is 6.15 Å². The lowest BCUT2D eigenvalue weighted by molar-refractivity contribution is 1.50. The average Bonchev–Trinajstić information content (AvgIpc) is 1.38. The highest BCUT2D eigenvalue weighted by molar-refractivity contribution is 8.93. The van der Waals surface area contributed by atoms with Gasteiger partial charge < -0.3 is 6.15 Å². The van der Waals surface area contributed by atoms with Crippen LogP contribution >= 0.6 is 24.9 Å². The molecule has 0 saturated heterocycles. The maximum Gasteiger partial charge on any atom is -0.0359 e. The largest absolute Gasteiger partial charge is 0.344 e. The van der Waals surface area contributed by atoms with Crippen LogP contribution in [0.2, 0.25) is 0 Å². The van der Waals surface area contributed by atoms with Gasteiger partial charge in [-0.1, -0.05) is 6.92 Å². The van der Waals surface area contributed by atoms with Crippen LogP contribution in [0.4, 0.5) is 0 Å². The third kappa shape index (κ3) is 19.8. The van der Waals surface area contributed by atoms with Gasteiger partial charge in [-0.15, -0.1) is 24.9 Å². The van der Waals surface area contributed by atoms with Gasteiger partial charge in [0.15, 0.2) is 0 Å². The van der Waals surface area contributed by atoms with E-state index in [4.69, 9.17) is 0 Å². The first-order valence-electron chi connectivity index (χ1n) is 1.92. The van der Waals surface area contributed by atoms with E-state index in [9.17, 15) is 0 Å². The van der Waals surface area contributed by atoms with Gasteiger partial charge in [0.05, 0.1) is 0 Å². The van der Waals surface area contributed by atoms with Gasteiger partial charge in [-0.05, 0) is 19.5 Å². The monoisotopic (exact) mass is 187 g/mol. The van der Waals surface area contributed by atoms with E-state index in [1.807, 2.05) is 0 Å². The van der Waals surface area contributed by atoms with Crippen LogP contribution in [0.15, 0.2) is 0 Å². The second-order valence-corrected chi connectivity index (χ2v) is 4.19. The second-order valence-electron chi connectivity index (χ2n) is 1.40. The summed E-state index contributed by atoms with van der Waals surface area (Å²) < 4.78 is 0. The Hall–Kier alpha value is 0.870. The smallest absolute Gasteiger partial charge is 0.0359 e. The fraction of sp³-hybridized carbons (Fsp3) is 1.00. The Morgan fingerprint density at radius 1 is 1.29 bits per heavy atom. The molecule has 7 heavy (non-hydrogen) atoms. The van der Waals surface area contributed by atoms with Gasteiger partial charge in [0.25, 0.3) is 0 Å². The molecule has 0 saturated carbocycles. The predicted octanol–water partition coefficient (Wildman–Crippen LogP) is 2.49. The molecule has 3 heteroatoms. The molecule has 0 aromatic heterocycles. The molecule has 0 aliphatic rings. The Balaban J connectivity index is -0.0000000800. The van der Waals surface area contributed by atoms with E-state index in [1.165, 1.54) is 6.16 Å². The molecule has 0 amide bonds. The summed E-state index contributed by atoms with van der Waals surface area (Å²) in [6, 6.07) is 0. The normalized spacial score (nSPS) is 6.86. The summed E-state index contributed by atoms with van der Waals surface area (Å²) in [5.41, 5.74) is 0. The summed E-state index contributed by atoms with van der Waals surface area (Å²) in [5.74, 6) is 0. The summed E-state index contributed by atoms with van der Waals surface area (Å²) in [4.78, 5) is 0. The van der Waals surface area contributed by atoms with Crippen LogP contribution in [0.5, 0.6) is 0 Å². The van der Waals surface area contributed by atoms with Crippen molar-refractivity contribution in [2.24, 2.45) is 0 Å². The Morgan fingerprint density at radius 3 is 1.43 bits per heavy atom. The summed E-state index contributed by atoms with van der Waals surface area (Å²) in [6.45, 7) is 6.80. The highest BCUT2D eigenvalue weighted by Gasteiger charge is 1.78. The Morgan fingerprint density at radius 2 is 1.43 bits per heavy atom. The number of hydrogen-bond acceptors (Lipinski definition) is 1. The maximum absolute atomic E-state index is 2.29. The number of rotatable bonds is 1. The number of hydrogen-bond donors (Lipinski definition) is 1. The maximum atomic E-state index is 2.29. The molecule has 0 aromatic rings. The topological polar surface area (TPSA) is 35.0 Å². The summed E-state index contributed by atoms with van der Waals surface area (Å²) in [6.07, 6.45) is 1.37. The van der Waals surface area contributed by atoms with E-state index < -0.39 is 0 Å². The van der Waals surface area contributed by atoms with Gasteiger partial charge in [-0.3, -0.25) is 0 Å². The minimum Gasteiger partial charge on any atom is -0.344 e. The predicted molar refractivity (Wildman–Crippen MR) is 44.7 cm³/mol. The molecule has 0 heterocycles. The molecule has 0 aromatic carbocycles. The molecular formula is C4H15BrNP. The molecular weight excluding hydrogens is 173 g/mol. The van der Waals surface area contributed by atoms with Gasteiger partial charge >= 0.3 is 0 Å². The molecule has 0 aliphatic carbocycles. The van der Waals surface area contributed by atoms with E-state index >= 15 is 0 Å². The second kappa shape index (κ2) is 9.98. The van der Waals surface area contributed by atoms with Crippen LogP contribution in [0.25, 0.3) is 0 Å². The van der Waals surface area contributed by atoms with E-state index in [2.05, 4.69) is 20.3 Å². The van der Waals surface area contributed by atoms with E-state index in [0.29, 0.717) is 7.92 Å². The zero-order valence-electron chi connectivity index (χ0n) is 5.27. The van der Waals surface area contributed by atoms with Crippen LogP contribution < -0.4 is 6.15 Å². The highest BCUT2D eigenvalue weighted by Crippen LogP contribution is 2.21. The lowest BCUT2D eigenvalue weighted by atomic mass is 11.0. The minimum atomic E-state index is 0. The van der Waals surface area contributed by atoms with Gasteiger partial charge in [-0.2, -0.15) is 0 Å². The van der Waals surface area contributed by atoms with Crippen molar-refractivity contribution in [3.63, 3.8) is 0 Å². The molecule has 0 spiro atoms. The van der Waals surface area contributed by atoms with Gasteiger partial charge in [0.1, 0.15) is 0 Å². The van der Waals surface area contributed by atoms with E-state index in [1.54, 1.807) is 0 Å². The van der Waals surface area contributed by atoms with Gasteiger partial charge in [-0.25, -0.2) is 0 Å². The molecule has 1 nitrogen and oxygen atoms in total. The van der Waals surface area contributed by atoms with Crippen LogP contribution in [-0.4, -0.2) is 19.5 Å². The van der Waals surface area contributed by atoms with Crippen molar-refractivity contribution in [2.75, 3.05) is 19.5 Å². The molecule has 0 aliphatic heterocycles. The zero-order valence-corrected chi connectivity index (χ0v) is 7.88. The first-order chi connectivity index (χ1) is 2.27. The Kier molecular flexibility index (Phi) is 22.3. The third-order valence-electron chi connectivity index (χ3n) is 0.632. The molecule has 0 fully saturated rings. The van der Waals surface area contributed by atoms with E-state index in [0.717, 1.165) is 0 Å². The van der Waals surface area contributed by atoms with Crippen LogP contribution in [-0.2, 0) is 0 Å². The molecule has 48 valence electrons. The molecule has 0 radical (unpaired) electrons. The van der Waals surface area contributed by atoms with Crippen LogP contribution in [0.1, 0.15) is 6.92 Å². The van der Waals surface area contributed by atoms with Crippen LogP contribution in [0.3, 0.4) is 0 Å². The lowest BCUT2D eigenvalue weighted by Crippen LogP contribution is -1.65. The number of halogens is 1. The fourth-order valence-electron chi connectivity index (χ4n) is 0. The summed E-state index contributed by atoms with van der Waals surface area (Å²) in [7, 11) is 0.402. The SMILES string of the molecule is Br.CCP(C)C.N. The highest BCUT2D eigenvalue weighted by atomic mass is 79.9. The molecule has 3 N–H and O–H groups in total. The molecule has 0 unspecified atom stereocenters. The standard InChI is InChI=1S/C4H11P.BrH.H3N/c1-4-5(2)3;;/h4H2,1-3H3;1H;1H3. The summed E-state index contributed by atoms with van der Waals surface area (Å²) in [5, 5.41) is 0. The van der Waals surface area contributed by atoms with Gasteiger partial charge in [0, 0.05) is 0 Å². The van der Waals surface area contributed by atoms with Crippen molar-refractivity contribution in [2.45, 2.75) is 6.92 Å². The van der Waals surface area contributed by atoms with Crippen molar-refractivity contribution >= 4 is 24.9 Å². The average molecular weight is 188 g/mol. The quantitative estimate of drug-likeness (QED) is 0.630. The third-order valence-corrected chi connectivity index (χ3v) is 1.90. The minimum absolute atomic E-state index is 0. The van der Waals surface area contributed by atoms with Crippen molar-refractivity contribution < 1.29 is 0 Å². The van der Waals surface area contributed by atoms with E-state index in [-0.39, 0.29) is 23.1 Å². The zero-order chi connectivity index (χ0) is 4.28. The van der Waals surface area contributed by atoms with Crippen molar-refractivity contribution in [1.29, 1.82) is 0 Å². The molecule has 0 rings (SSSR count). The first-order valence-corrected chi connectivity index (χ1v) is 4.34. The van der Waals surface area contributed by atoms with Crippen molar-refractivity contribution in [3.05, 3.63) is 0 Å². The molecule has 0 bridgehead atoms. The first kappa shape index (κ1) is 15.7. The fourth-order valence-corrected chi connectivity index (χ4v) is 0. The Labute approximate surface area is 58.0 Å². The summed E-state index contributed by atoms with van der Waals surface area (Å²) >= 11 is 0. The van der Waals surface area contributed by atoms with Gasteiger partial charge in [0.2, 0.25) is 0 Å². The lowest BCUT2D eigenvalue weighted by Gasteiger charge is -1.92. The Bertz CT molecular complexity index is 25.7. The van der Waals surface area contributed by atoms with Crippen molar-refractivity contribution in [3.8, 4) is 0 Å². The van der Waals surface area contributed by atoms with Crippen LogP contribution in [0, 0.1) is 0 Å².